The highest BCUT2D eigenvalue weighted by molar-refractivity contribution is 8.00. The number of benzene rings is 1. The molecular weight excluding hydrogens is 352 g/mol. The number of pyridine rings is 1. The van der Waals surface area contributed by atoms with Gasteiger partial charge in [0.05, 0.1) is 11.3 Å². The van der Waals surface area contributed by atoms with Gasteiger partial charge in [-0.25, -0.2) is 4.98 Å². The van der Waals surface area contributed by atoms with Crippen LogP contribution in [0.4, 0.5) is 5.13 Å². The smallest absolute Gasteiger partial charge is 0.236 e. The van der Waals surface area contributed by atoms with Crippen molar-refractivity contribution in [2.45, 2.75) is 39.1 Å². The molecule has 2 aromatic heterocycles. The normalized spacial score (nSPS) is 11.0. The predicted octanol–water partition coefficient (Wildman–Crippen LogP) is 4.30. The van der Waals surface area contributed by atoms with E-state index >= 15 is 0 Å². The van der Waals surface area contributed by atoms with Gasteiger partial charge >= 0.3 is 0 Å². The minimum Gasteiger partial charge on any atom is -0.300 e. The van der Waals surface area contributed by atoms with Crippen LogP contribution in [0.1, 0.15) is 28.6 Å². The average molecular weight is 373 g/mol. The van der Waals surface area contributed by atoms with Crippen LogP contribution in [-0.4, -0.2) is 26.8 Å². The number of nitrogens with one attached hydrogen (secondary N) is 1. The number of nitrogens with zero attached hydrogens (tertiary/aromatic N) is 3. The lowest BCUT2D eigenvalue weighted by Crippen LogP contribution is -2.14. The van der Waals surface area contributed by atoms with Crippen LogP contribution in [0.3, 0.4) is 0 Å². The van der Waals surface area contributed by atoms with Crippen molar-refractivity contribution in [2.24, 2.45) is 0 Å². The van der Waals surface area contributed by atoms with Gasteiger partial charge in [-0.05, 0) is 49.9 Å². The third-order valence-electron chi connectivity index (χ3n) is 3.94. The summed E-state index contributed by atoms with van der Waals surface area (Å²) < 4.78 is 0. The molecule has 7 heteroatoms. The number of hydrogen-bond donors (Lipinski definition) is 1. The minimum absolute atomic E-state index is 0.0916. The van der Waals surface area contributed by atoms with Crippen molar-refractivity contribution in [3.05, 3.63) is 39.9 Å². The highest BCUT2D eigenvalue weighted by Gasteiger charge is 2.12. The Kier molecular flexibility index (Phi) is 5.34. The number of anilines is 1. The monoisotopic (exact) mass is 372 g/mol. The highest BCUT2D eigenvalue weighted by Crippen LogP contribution is 2.29. The van der Waals surface area contributed by atoms with Crippen LogP contribution in [0.2, 0.25) is 0 Å². The van der Waals surface area contributed by atoms with E-state index in [9.17, 15) is 4.79 Å². The van der Waals surface area contributed by atoms with Crippen molar-refractivity contribution in [3.63, 3.8) is 0 Å². The fraction of sp³-hybridized carbons (Fsp3) is 0.333. The Morgan fingerprint density at radius 3 is 2.64 bits per heavy atom. The molecule has 3 aromatic rings. The summed E-state index contributed by atoms with van der Waals surface area (Å²) in [6.45, 7) is 8.15. The molecule has 0 saturated heterocycles. The molecule has 0 radical (unpaired) electrons. The summed E-state index contributed by atoms with van der Waals surface area (Å²) in [7, 11) is 0. The molecule has 0 fully saturated rings. The topological polar surface area (TPSA) is 67.8 Å². The van der Waals surface area contributed by atoms with Gasteiger partial charge in [-0.2, -0.15) is 0 Å². The largest absolute Gasteiger partial charge is 0.300 e. The van der Waals surface area contributed by atoms with E-state index in [-0.39, 0.29) is 5.91 Å². The summed E-state index contributed by atoms with van der Waals surface area (Å²) in [5.74, 6) is 0.209. The lowest BCUT2D eigenvalue weighted by Gasteiger charge is -2.12. The second kappa shape index (κ2) is 7.49. The van der Waals surface area contributed by atoms with E-state index in [2.05, 4.69) is 54.5 Å². The summed E-state index contributed by atoms with van der Waals surface area (Å²) in [5.41, 5.74) is 4.56. The first-order chi connectivity index (χ1) is 12.0. The molecule has 0 saturated carbocycles. The zero-order chi connectivity index (χ0) is 18.0. The summed E-state index contributed by atoms with van der Waals surface area (Å²) >= 11 is 2.84. The predicted molar refractivity (Wildman–Crippen MR) is 105 cm³/mol. The van der Waals surface area contributed by atoms with E-state index < -0.39 is 0 Å². The summed E-state index contributed by atoms with van der Waals surface area (Å²) in [6.07, 6.45) is 0.885. The van der Waals surface area contributed by atoms with Gasteiger partial charge in [0, 0.05) is 5.39 Å². The first kappa shape index (κ1) is 17.8. The Hall–Kier alpha value is -1.99. The fourth-order valence-corrected chi connectivity index (χ4v) is 4.06. The van der Waals surface area contributed by atoms with E-state index in [1.54, 1.807) is 0 Å². The number of carbonyl (C=O) groups excluding carboxylic acids is 1. The number of aryl methyl sites for hydroxylation is 4. The number of aromatic nitrogens is 3. The molecule has 1 aromatic carbocycles. The van der Waals surface area contributed by atoms with Crippen molar-refractivity contribution in [1.82, 2.24) is 15.2 Å². The van der Waals surface area contributed by atoms with Crippen molar-refractivity contribution in [1.29, 1.82) is 0 Å². The first-order valence-electron chi connectivity index (χ1n) is 8.10. The molecule has 3 rings (SSSR count). The van der Waals surface area contributed by atoms with Gasteiger partial charge in [0.15, 0.2) is 0 Å². The maximum atomic E-state index is 12.2. The van der Waals surface area contributed by atoms with Gasteiger partial charge < -0.3 is 0 Å². The van der Waals surface area contributed by atoms with Crippen LogP contribution in [0.15, 0.2) is 23.2 Å². The van der Waals surface area contributed by atoms with Gasteiger partial charge in [-0.3, -0.25) is 10.1 Å². The summed E-state index contributed by atoms with van der Waals surface area (Å²) in [6, 6.07) is 6.43. The van der Waals surface area contributed by atoms with Gasteiger partial charge in [-0.15, -0.1) is 10.2 Å². The van der Waals surface area contributed by atoms with Crippen LogP contribution in [0.25, 0.3) is 10.9 Å². The van der Waals surface area contributed by atoms with Crippen LogP contribution in [0, 0.1) is 20.8 Å². The van der Waals surface area contributed by atoms with E-state index in [0.29, 0.717) is 10.9 Å². The van der Waals surface area contributed by atoms with Gasteiger partial charge in [-0.1, -0.05) is 42.2 Å². The van der Waals surface area contributed by atoms with Gasteiger partial charge in [0.1, 0.15) is 10.0 Å². The van der Waals surface area contributed by atoms with Crippen LogP contribution in [-0.2, 0) is 11.2 Å². The maximum Gasteiger partial charge on any atom is 0.236 e. The molecule has 0 bridgehead atoms. The van der Waals surface area contributed by atoms with Gasteiger partial charge in [0.25, 0.3) is 0 Å². The van der Waals surface area contributed by atoms with E-state index in [0.717, 1.165) is 27.5 Å². The Morgan fingerprint density at radius 2 is 1.96 bits per heavy atom. The molecule has 2 heterocycles. The average Bonchev–Trinajstić information content (AvgIpc) is 3.00. The van der Waals surface area contributed by atoms with Crippen LogP contribution in [0.5, 0.6) is 0 Å². The molecule has 1 N–H and O–H groups in total. The molecule has 0 spiro atoms. The molecule has 0 unspecified atom stereocenters. The molecule has 25 heavy (non-hydrogen) atoms. The third-order valence-corrected chi connectivity index (χ3v) is 5.72. The fourth-order valence-electron chi connectivity index (χ4n) is 2.57. The van der Waals surface area contributed by atoms with E-state index in [1.165, 1.54) is 39.6 Å². The molecule has 5 nitrogen and oxygen atoms in total. The SMILES string of the molecule is CCc1cc2c(C)ccc(C)c2nc1SCC(=O)Nc1nnc(C)s1. The first-order valence-corrected chi connectivity index (χ1v) is 9.90. The number of carbonyl (C=O) groups is 1. The molecular formula is C18H20N4OS2. The molecule has 130 valence electrons. The van der Waals surface area contributed by atoms with Crippen LogP contribution < -0.4 is 5.32 Å². The van der Waals surface area contributed by atoms with Crippen molar-refractivity contribution in [2.75, 3.05) is 11.1 Å². The van der Waals surface area contributed by atoms with Crippen LogP contribution >= 0.6 is 23.1 Å². The number of hydrogen-bond acceptors (Lipinski definition) is 6. The second-order valence-corrected chi connectivity index (χ2v) is 8.01. The minimum atomic E-state index is -0.0916. The maximum absolute atomic E-state index is 12.2. The van der Waals surface area contributed by atoms with Crippen molar-refractivity contribution in [3.8, 4) is 0 Å². The Balaban J connectivity index is 1.80. The lowest BCUT2D eigenvalue weighted by molar-refractivity contribution is -0.113. The molecule has 1 amide bonds. The zero-order valence-electron chi connectivity index (χ0n) is 14.7. The van der Waals surface area contributed by atoms with Gasteiger partial charge in [0.2, 0.25) is 11.0 Å². The Bertz CT molecular complexity index is 936. The highest BCUT2D eigenvalue weighted by atomic mass is 32.2. The summed E-state index contributed by atoms with van der Waals surface area (Å²) in [4.78, 5) is 17.0. The van der Waals surface area contributed by atoms with E-state index in [4.69, 9.17) is 4.98 Å². The summed E-state index contributed by atoms with van der Waals surface area (Å²) in [5, 5.41) is 14.1. The number of fused-ring (bicyclic) bond motifs is 1. The molecule has 0 aliphatic carbocycles. The lowest BCUT2D eigenvalue weighted by atomic mass is 10.0. The standard InChI is InChI=1S/C18H20N4OS2/c1-5-13-8-14-10(2)6-7-11(3)16(14)20-17(13)24-9-15(23)19-18-22-21-12(4)25-18/h6-8H,5,9H2,1-4H3,(H,19,22,23). The quantitative estimate of drug-likeness (QED) is 0.676. The molecule has 0 aliphatic heterocycles. The zero-order valence-corrected chi connectivity index (χ0v) is 16.3. The molecule has 0 atom stereocenters. The van der Waals surface area contributed by atoms with Crippen molar-refractivity contribution < 1.29 is 4.79 Å². The number of rotatable bonds is 5. The Morgan fingerprint density at radius 1 is 1.20 bits per heavy atom. The second-order valence-electron chi connectivity index (χ2n) is 5.86. The third kappa shape index (κ3) is 3.99. The molecule has 0 aliphatic rings. The Labute approximate surface area is 155 Å². The number of amides is 1. The van der Waals surface area contributed by atoms with E-state index in [1.807, 2.05) is 6.92 Å². The number of thioether (sulfide) groups is 1. The van der Waals surface area contributed by atoms with Crippen molar-refractivity contribution >= 4 is 45.0 Å².